The summed E-state index contributed by atoms with van der Waals surface area (Å²) in [5.41, 5.74) is 5.80. The molecule has 0 aromatic rings. The molecule has 0 aromatic heterocycles. The van der Waals surface area contributed by atoms with Crippen molar-refractivity contribution >= 4 is 0 Å². The Morgan fingerprint density at radius 2 is 2.36 bits per heavy atom. The first kappa shape index (κ1) is 7.56. The molecule has 0 radical (unpaired) electrons. The second-order valence-electron chi connectivity index (χ2n) is 3.97. The molecule has 1 saturated heterocycles. The second-order valence-corrected chi connectivity index (χ2v) is 3.97. The first-order valence-corrected chi connectivity index (χ1v) is 4.66. The Bertz CT molecular complexity index is 140. The van der Waals surface area contributed by atoms with E-state index >= 15 is 0 Å². The summed E-state index contributed by atoms with van der Waals surface area (Å²) in [6, 6.07) is 0.379. The van der Waals surface area contributed by atoms with E-state index < -0.39 is 0 Å². The molecule has 64 valence electrons. The van der Waals surface area contributed by atoms with Crippen LogP contribution in [0.3, 0.4) is 0 Å². The number of nitrogens with two attached hydrogens (primary N) is 1. The Morgan fingerprint density at radius 3 is 2.82 bits per heavy atom. The lowest BCUT2D eigenvalue weighted by atomic mass is 10.1. The lowest BCUT2D eigenvalue weighted by Crippen LogP contribution is -2.21. The third-order valence-electron chi connectivity index (χ3n) is 3.01. The van der Waals surface area contributed by atoms with Gasteiger partial charge >= 0.3 is 0 Å². The monoisotopic (exact) mass is 155 g/mol. The molecule has 1 saturated carbocycles. The molecule has 1 heterocycles. The minimum absolute atomic E-state index is 0.379. The Hall–Kier alpha value is -0.0800. The van der Waals surface area contributed by atoms with E-state index in [-0.39, 0.29) is 0 Å². The van der Waals surface area contributed by atoms with Crippen LogP contribution in [0.5, 0.6) is 0 Å². The number of rotatable bonds is 2. The molecule has 0 bridgehead atoms. The van der Waals surface area contributed by atoms with Crippen LogP contribution in [0.15, 0.2) is 0 Å². The molecular weight excluding hydrogens is 138 g/mol. The van der Waals surface area contributed by atoms with Crippen molar-refractivity contribution < 1.29 is 4.74 Å². The van der Waals surface area contributed by atoms with Crippen molar-refractivity contribution in [1.29, 1.82) is 0 Å². The average molecular weight is 155 g/mol. The van der Waals surface area contributed by atoms with Crippen LogP contribution in [0.1, 0.15) is 26.2 Å². The molecule has 2 rings (SSSR count). The Morgan fingerprint density at radius 1 is 1.55 bits per heavy atom. The standard InChI is InChI=1S/C9H17NO/c1-6(10)7-5-8(7)9-3-2-4-11-9/h6-9H,2-5,10H2,1H3. The van der Waals surface area contributed by atoms with Crippen molar-refractivity contribution in [3.8, 4) is 0 Å². The van der Waals surface area contributed by atoms with E-state index in [1.165, 1.54) is 19.3 Å². The Labute approximate surface area is 68.1 Å². The van der Waals surface area contributed by atoms with Crippen molar-refractivity contribution in [1.82, 2.24) is 0 Å². The Kier molecular flexibility index (Phi) is 1.90. The molecule has 2 aliphatic rings. The van der Waals surface area contributed by atoms with Gasteiger partial charge in [-0.15, -0.1) is 0 Å². The molecule has 1 aliphatic heterocycles. The number of hydrogen-bond acceptors (Lipinski definition) is 2. The van der Waals surface area contributed by atoms with Gasteiger partial charge in [0.1, 0.15) is 0 Å². The molecule has 4 unspecified atom stereocenters. The van der Waals surface area contributed by atoms with E-state index in [9.17, 15) is 0 Å². The van der Waals surface area contributed by atoms with Crippen LogP contribution in [0.2, 0.25) is 0 Å². The molecule has 0 amide bonds. The minimum atomic E-state index is 0.379. The fourth-order valence-electron chi connectivity index (χ4n) is 2.21. The summed E-state index contributed by atoms with van der Waals surface area (Å²) < 4.78 is 5.60. The van der Waals surface area contributed by atoms with E-state index in [2.05, 4.69) is 6.92 Å². The van der Waals surface area contributed by atoms with Gasteiger partial charge in [-0.25, -0.2) is 0 Å². The normalized spacial score (nSPS) is 45.8. The number of hydrogen-bond donors (Lipinski definition) is 1. The maximum Gasteiger partial charge on any atom is 0.0607 e. The van der Waals surface area contributed by atoms with Crippen LogP contribution in [-0.4, -0.2) is 18.8 Å². The Balaban J connectivity index is 1.81. The second kappa shape index (κ2) is 2.76. The molecule has 2 nitrogen and oxygen atoms in total. The lowest BCUT2D eigenvalue weighted by molar-refractivity contribution is 0.0887. The van der Waals surface area contributed by atoms with E-state index in [1.54, 1.807) is 0 Å². The van der Waals surface area contributed by atoms with Gasteiger partial charge in [-0.3, -0.25) is 0 Å². The highest BCUT2D eigenvalue weighted by Crippen LogP contribution is 2.46. The highest BCUT2D eigenvalue weighted by molar-refractivity contribution is 4.97. The molecule has 4 atom stereocenters. The van der Waals surface area contributed by atoms with Gasteiger partial charge in [-0.2, -0.15) is 0 Å². The summed E-state index contributed by atoms with van der Waals surface area (Å²) in [5.74, 6) is 1.57. The topological polar surface area (TPSA) is 35.2 Å². The maximum atomic E-state index is 5.80. The van der Waals surface area contributed by atoms with Gasteiger partial charge in [0, 0.05) is 12.6 Å². The molecule has 1 aliphatic carbocycles. The first-order chi connectivity index (χ1) is 5.29. The van der Waals surface area contributed by atoms with Crippen LogP contribution in [0.25, 0.3) is 0 Å². The smallest absolute Gasteiger partial charge is 0.0607 e. The molecule has 2 heteroatoms. The van der Waals surface area contributed by atoms with Crippen LogP contribution in [0.4, 0.5) is 0 Å². The quantitative estimate of drug-likeness (QED) is 0.649. The predicted molar refractivity (Wildman–Crippen MR) is 44.2 cm³/mol. The van der Waals surface area contributed by atoms with E-state index in [0.717, 1.165) is 18.4 Å². The highest BCUT2D eigenvalue weighted by atomic mass is 16.5. The van der Waals surface area contributed by atoms with Gasteiger partial charge in [-0.05, 0) is 38.0 Å². The van der Waals surface area contributed by atoms with Gasteiger partial charge in [-0.1, -0.05) is 0 Å². The summed E-state index contributed by atoms with van der Waals surface area (Å²) in [4.78, 5) is 0. The van der Waals surface area contributed by atoms with Gasteiger partial charge in [0.2, 0.25) is 0 Å². The fourth-order valence-corrected chi connectivity index (χ4v) is 2.21. The molecule has 0 aromatic carbocycles. The van der Waals surface area contributed by atoms with Crippen LogP contribution < -0.4 is 5.73 Å². The summed E-state index contributed by atoms with van der Waals surface area (Å²) in [6.45, 7) is 3.09. The molecule has 0 spiro atoms. The summed E-state index contributed by atoms with van der Waals surface area (Å²) in [7, 11) is 0. The summed E-state index contributed by atoms with van der Waals surface area (Å²) in [5, 5.41) is 0. The van der Waals surface area contributed by atoms with Crippen LogP contribution in [-0.2, 0) is 4.74 Å². The number of ether oxygens (including phenoxy) is 1. The zero-order chi connectivity index (χ0) is 7.84. The largest absolute Gasteiger partial charge is 0.378 e. The minimum Gasteiger partial charge on any atom is -0.378 e. The summed E-state index contributed by atoms with van der Waals surface area (Å²) in [6.07, 6.45) is 4.40. The van der Waals surface area contributed by atoms with E-state index in [1.807, 2.05) is 0 Å². The zero-order valence-corrected chi connectivity index (χ0v) is 7.12. The van der Waals surface area contributed by atoms with Crippen molar-refractivity contribution in [3.63, 3.8) is 0 Å². The molecule has 11 heavy (non-hydrogen) atoms. The average Bonchev–Trinajstić information content (AvgIpc) is 2.60. The lowest BCUT2D eigenvalue weighted by Gasteiger charge is -2.09. The van der Waals surface area contributed by atoms with Crippen LogP contribution >= 0.6 is 0 Å². The SMILES string of the molecule is CC(N)C1CC1C1CCCO1. The summed E-state index contributed by atoms with van der Waals surface area (Å²) >= 11 is 0. The van der Waals surface area contributed by atoms with Crippen molar-refractivity contribution in [2.24, 2.45) is 17.6 Å². The fraction of sp³-hybridized carbons (Fsp3) is 1.00. The maximum absolute atomic E-state index is 5.80. The van der Waals surface area contributed by atoms with Crippen molar-refractivity contribution in [2.75, 3.05) is 6.61 Å². The molecule has 2 N–H and O–H groups in total. The first-order valence-electron chi connectivity index (χ1n) is 4.66. The van der Waals surface area contributed by atoms with Crippen molar-refractivity contribution in [2.45, 2.75) is 38.3 Å². The van der Waals surface area contributed by atoms with Gasteiger partial charge in [0.25, 0.3) is 0 Å². The van der Waals surface area contributed by atoms with E-state index in [4.69, 9.17) is 10.5 Å². The highest BCUT2D eigenvalue weighted by Gasteiger charge is 2.46. The molecule has 2 fully saturated rings. The van der Waals surface area contributed by atoms with Gasteiger partial charge in [0.05, 0.1) is 6.10 Å². The van der Waals surface area contributed by atoms with E-state index in [0.29, 0.717) is 12.1 Å². The predicted octanol–water partition coefficient (Wildman–Crippen LogP) is 1.15. The molecular formula is C9H17NO. The zero-order valence-electron chi connectivity index (χ0n) is 7.12. The van der Waals surface area contributed by atoms with Gasteiger partial charge in [0.15, 0.2) is 0 Å². The third-order valence-corrected chi connectivity index (χ3v) is 3.01. The van der Waals surface area contributed by atoms with Crippen LogP contribution in [0, 0.1) is 11.8 Å². The van der Waals surface area contributed by atoms with Crippen molar-refractivity contribution in [3.05, 3.63) is 0 Å². The third kappa shape index (κ3) is 1.42. The van der Waals surface area contributed by atoms with Gasteiger partial charge < -0.3 is 10.5 Å².